The van der Waals surface area contributed by atoms with Crippen molar-refractivity contribution in [3.05, 3.63) is 77.5 Å². The fourth-order valence-electron chi connectivity index (χ4n) is 4.98. The third-order valence-electron chi connectivity index (χ3n) is 7.09. The first-order valence-electron chi connectivity index (χ1n) is 12.6. The molecule has 2 fully saturated rings. The Balaban J connectivity index is 1.56. The van der Waals surface area contributed by atoms with E-state index in [9.17, 15) is 18.0 Å². The van der Waals surface area contributed by atoms with E-state index in [1.165, 1.54) is 12.1 Å². The molecule has 1 aliphatic carbocycles. The Labute approximate surface area is 210 Å². The van der Waals surface area contributed by atoms with Crippen LogP contribution in [0.2, 0.25) is 0 Å². The van der Waals surface area contributed by atoms with Crippen LogP contribution in [-0.2, 0) is 16.6 Å². The maximum Gasteiger partial charge on any atom is 0.573 e. The number of allylic oxidation sites excluding steroid dienone is 1. The predicted octanol–water partition coefficient (Wildman–Crippen LogP) is 5.06. The van der Waals surface area contributed by atoms with Crippen LogP contribution in [-0.4, -0.2) is 42.3 Å². The zero-order valence-electron chi connectivity index (χ0n) is 20.6. The summed E-state index contributed by atoms with van der Waals surface area (Å²) < 4.78 is 41.6. The number of benzene rings is 2. The molecule has 3 N–H and O–H groups in total. The maximum atomic E-state index is 13.7. The van der Waals surface area contributed by atoms with Crippen molar-refractivity contribution in [3.63, 3.8) is 0 Å². The van der Waals surface area contributed by atoms with E-state index in [-0.39, 0.29) is 23.7 Å². The largest absolute Gasteiger partial charge is 0.573 e. The van der Waals surface area contributed by atoms with Gasteiger partial charge in [-0.3, -0.25) is 4.79 Å². The number of rotatable bonds is 9. The zero-order valence-corrected chi connectivity index (χ0v) is 20.6. The van der Waals surface area contributed by atoms with E-state index in [0.29, 0.717) is 24.8 Å². The molecule has 2 aliphatic rings. The van der Waals surface area contributed by atoms with E-state index in [1.807, 2.05) is 18.2 Å². The van der Waals surface area contributed by atoms with Gasteiger partial charge in [-0.1, -0.05) is 55.5 Å². The Morgan fingerprint density at radius 3 is 2.33 bits per heavy atom. The summed E-state index contributed by atoms with van der Waals surface area (Å²) in [5.74, 6) is -0.385. The first kappa shape index (κ1) is 26.1. The van der Waals surface area contributed by atoms with Gasteiger partial charge in [-0.2, -0.15) is 0 Å². The molecule has 0 bridgehead atoms. The number of alkyl halides is 3. The van der Waals surface area contributed by atoms with Gasteiger partial charge in [-0.25, -0.2) is 0 Å². The Hall–Kier alpha value is -3.00. The molecule has 0 unspecified atom stereocenters. The second kappa shape index (κ2) is 10.9. The van der Waals surface area contributed by atoms with Gasteiger partial charge in [0, 0.05) is 24.8 Å². The minimum atomic E-state index is -4.75. The van der Waals surface area contributed by atoms with E-state index in [0.717, 1.165) is 43.6 Å². The van der Waals surface area contributed by atoms with Gasteiger partial charge in [-0.15, -0.1) is 13.2 Å². The highest BCUT2D eigenvalue weighted by atomic mass is 19.4. The number of carbonyl (C=O) groups excluding carboxylic acids is 1. The molecule has 0 spiro atoms. The summed E-state index contributed by atoms with van der Waals surface area (Å²) in [7, 11) is 0. The molecule has 194 valence electrons. The van der Waals surface area contributed by atoms with Crippen LogP contribution in [0.25, 0.3) is 0 Å². The number of ether oxygens (including phenoxy) is 1. The predicted molar refractivity (Wildman–Crippen MR) is 133 cm³/mol. The summed E-state index contributed by atoms with van der Waals surface area (Å²) >= 11 is 0. The van der Waals surface area contributed by atoms with Crippen LogP contribution in [0, 0.1) is 0 Å². The lowest BCUT2D eigenvalue weighted by atomic mass is 9.93. The minimum absolute atomic E-state index is 0.0939. The molecule has 1 amide bonds. The molecule has 0 radical (unpaired) electrons. The van der Waals surface area contributed by atoms with Crippen LogP contribution in [0.5, 0.6) is 5.75 Å². The van der Waals surface area contributed by atoms with E-state index in [2.05, 4.69) is 40.1 Å². The number of nitrogens with zero attached hydrogens (tertiary/aromatic N) is 1. The fourth-order valence-corrected chi connectivity index (χ4v) is 4.98. The van der Waals surface area contributed by atoms with Crippen LogP contribution < -0.4 is 15.8 Å². The summed E-state index contributed by atoms with van der Waals surface area (Å²) in [5, 5.41) is 3.32. The quantitative estimate of drug-likeness (QED) is 0.504. The second-order valence-electron chi connectivity index (χ2n) is 9.73. The molecule has 1 heterocycles. The summed E-state index contributed by atoms with van der Waals surface area (Å²) in [6.07, 6.45) is 2.05. The SMILES string of the molecule is CC/C=C(/[C@H](Cc1ccccc1)NC(=O)C1(c2ccc(OC(F)(F)F)cc2)CC1)N1CCC(N)CC1. The van der Waals surface area contributed by atoms with Crippen molar-refractivity contribution in [1.29, 1.82) is 0 Å². The van der Waals surface area contributed by atoms with Crippen molar-refractivity contribution < 1.29 is 22.7 Å². The zero-order chi connectivity index (χ0) is 25.8. The summed E-state index contributed by atoms with van der Waals surface area (Å²) in [5.41, 5.74) is 8.34. The number of nitrogens with two attached hydrogens (primary N) is 1. The number of hydrogen-bond donors (Lipinski definition) is 2. The number of amides is 1. The lowest BCUT2D eigenvalue weighted by molar-refractivity contribution is -0.274. The molecule has 1 atom stereocenters. The molecule has 36 heavy (non-hydrogen) atoms. The number of hydrogen-bond acceptors (Lipinski definition) is 4. The highest BCUT2D eigenvalue weighted by molar-refractivity contribution is 5.91. The van der Waals surface area contributed by atoms with Crippen molar-refractivity contribution in [2.75, 3.05) is 13.1 Å². The smallest absolute Gasteiger partial charge is 0.406 e. The number of likely N-dealkylation sites (tertiary alicyclic amines) is 1. The van der Waals surface area contributed by atoms with Crippen LogP contribution in [0.4, 0.5) is 13.2 Å². The van der Waals surface area contributed by atoms with E-state index >= 15 is 0 Å². The van der Waals surface area contributed by atoms with Gasteiger partial charge < -0.3 is 20.7 Å². The minimum Gasteiger partial charge on any atom is -0.406 e. The van der Waals surface area contributed by atoms with Gasteiger partial charge in [-0.05, 0) is 61.8 Å². The molecule has 8 heteroatoms. The lowest BCUT2D eigenvalue weighted by Crippen LogP contribution is -2.49. The molecule has 1 saturated carbocycles. The Kier molecular flexibility index (Phi) is 7.93. The number of carbonyl (C=O) groups is 1. The highest BCUT2D eigenvalue weighted by Crippen LogP contribution is 2.49. The van der Waals surface area contributed by atoms with Crippen molar-refractivity contribution in [3.8, 4) is 5.75 Å². The molecule has 1 saturated heterocycles. The summed E-state index contributed by atoms with van der Waals surface area (Å²) in [6.45, 7) is 3.78. The van der Waals surface area contributed by atoms with Gasteiger partial charge >= 0.3 is 6.36 Å². The van der Waals surface area contributed by atoms with Crippen LogP contribution in [0.1, 0.15) is 50.2 Å². The monoisotopic (exact) mass is 501 g/mol. The van der Waals surface area contributed by atoms with E-state index < -0.39 is 11.8 Å². The van der Waals surface area contributed by atoms with Gasteiger partial charge in [0.25, 0.3) is 0 Å². The molecule has 4 rings (SSSR count). The Morgan fingerprint density at radius 1 is 1.14 bits per heavy atom. The van der Waals surface area contributed by atoms with Gasteiger partial charge in [0.15, 0.2) is 0 Å². The van der Waals surface area contributed by atoms with Gasteiger partial charge in [0.05, 0.1) is 11.5 Å². The molecular formula is C28H34F3N3O2. The van der Waals surface area contributed by atoms with E-state index in [4.69, 9.17) is 5.73 Å². The number of piperidine rings is 1. The molecule has 2 aromatic rings. The number of nitrogens with one attached hydrogen (secondary N) is 1. The molecule has 0 aromatic heterocycles. The Bertz CT molecular complexity index is 1040. The first-order chi connectivity index (χ1) is 17.2. The van der Waals surface area contributed by atoms with Crippen molar-refractivity contribution in [2.24, 2.45) is 5.73 Å². The normalized spacial score (nSPS) is 19.0. The first-order valence-corrected chi connectivity index (χ1v) is 12.6. The third-order valence-corrected chi connectivity index (χ3v) is 7.09. The maximum absolute atomic E-state index is 13.7. The summed E-state index contributed by atoms with van der Waals surface area (Å²) in [6, 6.07) is 15.7. The van der Waals surface area contributed by atoms with Crippen molar-refractivity contribution in [1.82, 2.24) is 10.2 Å². The lowest BCUT2D eigenvalue weighted by Gasteiger charge is -2.38. The van der Waals surface area contributed by atoms with Crippen LogP contribution in [0.15, 0.2) is 66.4 Å². The molecular weight excluding hydrogens is 467 g/mol. The highest BCUT2D eigenvalue weighted by Gasteiger charge is 2.52. The summed E-state index contributed by atoms with van der Waals surface area (Å²) in [4.78, 5) is 16.0. The van der Waals surface area contributed by atoms with Gasteiger partial charge in [0.1, 0.15) is 5.75 Å². The second-order valence-corrected chi connectivity index (χ2v) is 9.73. The topological polar surface area (TPSA) is 67.6 Å². The van der Waals surface area contributed by atoms with Crippen LogP contribution in [0.3, 0.4) is 0 Å². The van der Waals surface area contributed by atoms with E-state index in [1.54, 1.807) is 12.1 Å². The van der Waals surface area contributed by atoms with Crippen molar-refractivity contribution in [2.45, 2.75) is 69.3 Å². The molecule has 1 aliphatic heterocycles. The standard InChI is InChI=1S/C28H34F3N3O2/c1-2-6-25(34-17-13-22(32)14-18-34)24(19-20-7-4-3-5-8-20)33-26(35)27(15-16-27)21-9-11-23(12-10-21)36-28(29,30)31/h3-12,22,24H,2,13-19,32H2,1H3,(H,33,35)/b25-6-/t24-/m0/s1. The Morgan fingerprint density at radius 2 is 1.78 bits per heavy atom. The van der Waals surface area contributed by atoms with Crippen LogP contribution >= 0.6 is 0 Å². The van der Waals surface area contributed by atoms with Crippen molar-refractivity contribution >= 4 is 5.91 Å². The number of halogens is 3. The molecule has 5 nitrogen and oxygen atoms in total. The average Bonchev–Trinajstić information content (AvgIpc) is 3.65. The molecule has 2 aromatic carbocycles. The van der Waals surface area contributed by atoms with Gasteiger partial charge in [0.2, 0.25) is 5.91 Å². The average molecular weight is 502 g/mol. The fraction of sp³-hybridized carbons (Fsp3) is 0.464. The third kappa shape index (κ3) is 6.40.